The van der Waals surface area contributed by atoms with Crippen molar-refractivity contribution in [1.29, 1.82) is 0 Å². The molecule has 0 saturated carbocycles. The minimum Gasteiger partial charge on any atom is -0.342 e. The fourth-order valence-corrected chi connectivity index (χ4v) is 3.20. The van der Waals surface area contributed by atoms with Crippen molar-refractivity contribution in [3.05, 3.63) is 42.1 Å². The van der Waals surface area contributed by atoms with Crippen LogP contribution in [0.1, 0.15) is 31.9 Å². The lowest BCUT2D eigenvalue weighted by Gasteiger charge is -2.31. The van der Waals surface area contributed by atoms with Gasteiger partial charge in [0.05, 0.1) is 5.69 Å². The van der Waals surface area contributed by atoms with Crippen molar-refractivity contribution >= 4 is 5.91 Å². The van der Waals surface area contributed by atoms with Crippen molar-refractivity contribution in [3.63, 3.8) is 0 Å². The molecule has 1 aromatic carbocycles. The van der Waals surface area contributed by atoms with Gasteiger partial charge in [-0.05, 0) is 24.8 Å². The van der Waals surface area contributed by atoms with E-state index in [0.29, 0.717) is 25.4 Å². The summed E-state index contributed by atoms with van der Waals surface area (Å²) in [6.45, 7) is 5.46. The zero-order valence-electron chi connectivity index (χ0n) is 14.3. The second-order valence-corrected chi connectivity index (χ2v) is 6.66. The van der Waals surface area contributed by atoms with E-state index in [9.17, 15) is 4.79 Å². The SMILES string of the molecule is CC1CCCN(C(=O)CCNCc2cc(-c3ccccc3)n[nH]2)C1. The minimum absolute atomic E-state index is 0.267. The molecule has 1 aromatic heterocycles. The van der Waals surface area contributed by atoms with Crippen molar-refractivity contribution in [2.24, 2.45) is 5.92 Å². The Morgan fingerprint density at radius 3 is 3.00 bits per heavy atom. The first-order valence-electron chi connectivity index (χ1n) is 8.80. The molecule has 3 rings (SSSR count). The van der Waals surface area contributed by atoms with Gasteiger partial charge in [-0.3, -0.25) is 9.89 Å². The van der Waals surface area contributed by atoms with Crippen LogP contribution in [-0.2, 0) is 11.3 Å². The van der Waals surface area contributed by atoms with Gasteiger partial charge in [0.25, 0.3) is 0 Å². The maximum Gasteiger partial charge on any atom is 0.223 e. The van der Waals surface area contributed by atoms with E-state index in [-0.39, 0.29) is 5.91 Å². The Balaban J connectivity index is 1.41. The van der Waals surface area contributed by atoms with Gasteiger partial charge < -0.3 is 10.2 Å². The van der Waals surface area contributed by atoms with Crippen molar-refractivity contribution < 1.29 is 4.79 Å². The predicted octanol–water partition coefficient (Wildman–Crippen LogP) is 2.81. The van der Waals surface area contributed by atoms with Crippen molar-refractivity contribution in [3.8, 4) is 11.3 Å². The number of hydrogen-bond donors (Lipinski definition) is 2. The lowest BCUT2D eigenvalue weighted by molar-refractivity contribution is -0.132. The van der Waals surface area contributed by atoms with Crippen LogP contribution in [0.25, 0.3) is 11.3 Å². The third-order valence-electron chi connectivity index (χ3n) is 4.54. The van der Waals surface area contributed by atoms with Crippen LogP contribution in [-0.4, -0.2) is 40.6 Å². The molecular formula is C19H26N4O. The van der Waals surface area contributed by atoms with E-state index < -0.39 is 0 Å². The van der Waals surface area contributed by atoms with Crippen LogP contribution in [0.5, 0.6) is 0 Å². The number of carbonyl (C=O) groups excluding carboxylic acids is 1. The molecule has 0 aliphatic carbocycles. The van der Waals surface area contributed by atoms with Gasteiger partial charge in [0, 0.05) is 43.9 Å². The molecule has 0 radical (unpaired) electrons. The summed E-state index contributed by atoms with van der Waals surface area (Å²) in [7, 11) is 0. The summed E-state index contributed by atoms with van der Waals surface area (Å²) >= 11 is 0. The molecule has 1 amide bonds. The number of aromatic nitrogens is 2. The molecule has 128 valence electrons. The number of rotatable bonds is 6. The summed E-state index contributed by atoms with van der Waals surface area (Å²) in [4.78, 5) is 14.2. The first kappa shape index (κ1) is 16.7. The zero-order valence-corrected chi connectivity index (χ0v) is 14.3. The number of carbonyl (C=O) groups is 1. The van der Waals surface area contributed by atoms with Crippen LogP contribution in [0, 0.1) is 5.92 Å². The number of hydrogen-bond acceptors (Lipinski definition) is 3. The Bertz CT molecular complexity index is 652. The van der Waals surface area contributed by atoms with E-state index in [0.717, 1.165) is 36.5 Å². The quantitative estimate of drug-likeness (QED) is 0.803. The second-order valence-electron chi connectivity index (χ2n) is 6.66. The average molecular weight is 326 g/mol. The molecule has 1 saturated heterocycles. The third kappa shape index (κ3) is 4.45. The van der Waals surface area contributed by atoms with Gasteiger partial charge in [-0.25, -0.2) is 0 Å². The number of amides is 1. The highest BCUT2D eigenvalue weighted by molar-refractivity contribution is 5.76. The largest absolute Gasteiger partial charge is 0.342 e. The maximum atomic E-state index is 12.2. The monoisotopic (exact) mass is 326 g/mol. The van der Waals surface area contributed by atoms with Gasteiger partial charge in [0.15, 0.2) is 0 Å². The number of nitrogens with zero attached hydrogens (tertiary/aromatic N) is 2. The second kappa shape index (κ2) is 8.11. The summed E-state index contributed by atoms with van der Waals surface area (Å²) < 4.78 is 0. The number of nitrogens with one attached hydrogen (secondary N) is 2. The smallest absolute Gasteiger partial charge is 0.223 e. The van der Waals surface area contributed by atoms with Crippen LogP contribution in [0.2, 0.25) is 0 Å². The van der Waals surface area contributed by atoms with Gasteiger partial charge in [0.1, 0.15) is 0 Å². The molecule has 1 atom stereocenters. The molecule has 1 unspecified atom stereocenters. The molecule has 2 aromatic rings. The molecule has 1 fully saturated rings. The molecule has 5 nitrogen and oxygen atoms in total. The summed E-state index contributed by atoms with van der Waals surface area (Å²) in [5, 5.41) is 10.7. The Morgan fingerprint density at radius 1 is 1.38 bits per heavy atom. The van der Waals surface area contributed by atoms with Gasteiger partial charge >= 0.3 is 0 Å². The molecule has 0 bridgehead atoms. The van der Waals surface area contributed by atoms with Crippen LogP contribution in [0.4, 0.5) is 0 Å². The molecule has 0 spiro atoms. The standard InChI is InChI=1S/C19H26N4O/c1-15-6-5-11-23(14-15)19(24)9-10-20-13-17-12-18(22-21-17)16-7-3-2-4-8-16/h2-4,7-8,12,15,20H,5-6,9-11,13-14H2,1H3,(H,21,22). The molecule has 2 heterocycles. The number of aromatic amines is 1. The molecule has 1 aliphatic heterocycles. The average Bonchev–Trinajstić information content (AvgIpc) is 3.08. The summed E-state index contributed by atoms with van der Waals surface area (Å²) in [6, 6.07) is 12.2. The summed E-state index contributed by atoms with van der Waals surface area (Å²) in [6.07, 6.45) is 2.94. The molecule has 24 heavy (non-hydrogen) atoms. The van der Waals surface area contributed by atoms with Gasteiger partial charge in [0.2, 0.25) is 5.91 Å². The first-order valence-corrected chi connectivity index (χ1v) is 8.80. The Morgan fingerprint density at radius 2 is 2.21 bits per heavy atom. The van der Waals surface area contributed by atoms with E-state index in [1.54, 1.807) is 0 Å². The van der Waals surface area contributed by atoms with Gasteiger partial charge in [-0.2, -0.15) is 5.10 Å². The molecule has 2 N–H and O–H groups in total. The fraction of sp³-hybridized carbons (Fsp3) is 0.474. The molecular weight excluding hydrogens is 300 g/mol. The third-order valence-corrected chi connectivity index (χ3v) is 4.54. The van der Waals surface area contributed by atoms with E-state index in [2.05, 4.69) is 28.5 Å². The minimum atomic E-state index is 0.267. The summed E-state index contributed by atoms with van der Waals surface area (Å²) in [5.41, 5.74) is 3.09. The molecule has 5 heteroatoms. The van der Waals surface area contributed by atoms with E-state index in [1.807, 2.05) is 35.2 Å². The van der Waals surface area contributed by atoms with Crippen LogP contribution < -0.4 is 5.32 Å². The maximum absolute atomic E-state index is 12.2. The Kier molecular flexibility index (Phi) is 5.64. The normalized spacial score (nSPS) is 17.9. The number of benzene rings is 1. The van der Waals surface area contributed by atoms with Gasteiger partial charge in [-0.15, -0.1) is 0 Å². The highest BCUT2D eigenvalue weighted by Gasteiger charge is 2.20. The van der Waals surface area contributed by atoms with E-state index >= 15 is 0 Å². The first-order chi connectivity index (χ1) is 11.7. The number of H-pyrrole nitrogens is 1. The number of piperidine rings is 1. The summed E-state index contributed by atoms with van der Waals surface area (Å²) in [5.74, 6) is 0.903. The predicted molar refractivity (Wildman–Crippen MR) is 95.3 cm³/mol. The van der Waals surface area contributed by atoms with E-state index in [4.69, 9.17) is 0 Å². The lowest BCUT2D eigenvalue weighted by atomic mass is 10.00. The highest BCUT2D eigenvalue weighted by atomic mass is 16.2. The van der Waals surface area contributed by atoms with Crippen molar-refractivity contribution in [1.82, 2.24) is 20.4 Å². The fourth-order valence-electron chi connectivity index (χ4n) is 3.20. The van der Waals surface area contributed by atoms with Crippen molar-refractivity contribution in [2.75, 3.05) is 19.6 Å². The lowest BCUT2D eigenvalue weighted by Crippen LogP contribution is -2.40. The Hall–Kier alpha value is -2.14. The van der Waals surface area contributed by atoms with Crippen LogP contribution in [0.3, 0.4) is 0 Å². The van der Waals surface area contributed by atoms with Crippen LogP contribution >= 0.6 is 0 Å². The van der Waals surface area contributed by atoms with Gasteiger partial charge in [-0.1, -0.05) is 37.3 Å². The highest BCUT2D eigenvalue weighted by Crippen LogP contribution is 2.17. The van der Waals surface area contributed by atoms with E-state index in [1.165, 1.54) is 6.42 Å². The zero-order chi connectivity index (χ0) is 16.8. The topological polar surface area (TPSA) is 61.0 Å². The number of likely N-dealkylation sites (tertiary alicyclic amines) is 1. The Labute approximate surface area is 143 Å². The molecule has 1 aliphatic rings. The van der Waals surface area contributed by atoms with Crippen LogP contribution in [0.15, 0.2) is 36.4 Å². The van der Waals surface area contributed by atoms with Crippen molar-refractivity contribution in [2.45, 2.75) is 32.7 Å².